The van der Waals surface area contributed by atoms with Gasteiger partial charge in [0.2, 0.25) is 0 Å². The van der Waals surface area contributed by atoms with Crippen LogP contribution in [-0.2, 0) is 16.1 Å². The predicted octanol–water partition coefficient (Wildman–Crippen LogP) is 2.63. The Labute approximate surface area is 139 Å². The summed E-state index contributed by atoms with van der Waals surface area (Å²) >= 11 is 6.11. The lowest BCUT2D eigenvalue weighted by molar-refractivity contribution is -0.131. The zero-order chi connectivity index (χ0) is 16.8. The number of benzene rings is 2. The van der Waals surface area contributed by atoms with Crippen molar-refractivity contribution in [3.05, 3.63) is 70.2 Å². The third-order valence-electron chi connectivity index (χ3n) is 3.39. The molecule has 0 aromatic heterocycles. The van der Waals surface area contributed by atoms with Crippen LogP contribution >= 0.6 is 11.6 Å². The molecule has 2 aromatic rings. The highest BCUT2D eigenvalue weighted by Crippen LogP contribution is 2.25. The molecule has 0 saturated heterocycles. The normalized spacial score (nSPS) is 11.7. The lowest BCUT2D eigenvalue weighted by Gasteiger charge is -2.17. The summed E-state index contributed by atoms with van der Waals surface area (Å²) in [4.78, 5) is 12.3. The number of amidine groups is 1. The largest absolute Gasteiger partial charge is 0.384 e. The molecule has 0 fully saturated rings. The monoisotopic (exact) mass is 331 g/mol. The molecule has 1 atom stereocenters. The van der Waals surface area contributed by atoms with E-state index in [0.29, 0.717) is 22.7 Å². The molecule has 1 amide bonds. The number of ether oxygens (including phenoxy) is 1. The van der Waals surface area contributed by atoms with Gasteiger partial charge in [0, 0.05) is 29.8 Å². The van der Waals surface area contributed by atoms with Crippen LogP contribution in [0.3, 0.4) is 0 Å². The standard InChI is InChI=1S/C17H18ClN3O2/c1-23-15(13-4-2-3-5-14(13)18)17(22)21-10-11-6-8-12(9-7-11)16(19)20/h2-9,15H,10H2,1H3,(H3,19,20)(H,21,22). The number of rotatable bonds is 6. The molecule has 4 N–H and O–H groups in total. The number of carbonyl (C=O) groups is 1. The topological polar surface area (TPSA) is 88.2 Å². The van der Waals surface area contributed by atoms with E-state index in [1.807, 2.05) is 12.1 Å². The smallest absolute Gasteiger partial charge is 0.254 e. The Hall–Kier alpha value is -2.37. The number of carbonyl (C=O) groups excluding carboxylic acids is 1. The molecular formula is C17H18ClN3O2. The second-order valence-electron chi connectivity index (χ2n) is 4.97. The van der Waals surface area contributed by atoms with Gasteiger partial charge in [-0.1, -0.05) is 54.1 Å². The molecule has 2 aromatic carbocycles. The molecule has 0 aliphatic heterocycles. The number of nitrogens with two attached hydrogens (primary N) is 1. The van der Waals surface area contributed by atoms with Crippen LogP contribution in [0.4, 0.5) is 0 Å². The first-order valence-corrected chi connectivity index (χ1v) is 7.39. The first-order valence-electron chi connectivity index (χ1n) is 7.01. The van der Waals surface area contributed by atoms with Crippen molar-refractivity contribution >= 4 is 23.3 Å². The van der Waals surface area contributed by atoms with Gasteiger partial charge in [-0.15, -0.1) is 0 Å². The van der Waals surface area contributed by atoms with Gasteiger partial charge in [-0.2, -0.15) is 0 Å². The van der Waals surface area contributed by atoms with E-state index in [9.17, 15) is 4.79 Å². The minimum atomic E-state index is -0.764. The van der Waals surface area contributed by atoms with Crippen LogP contribution in [0.5, 0.6) is 0 Å². The molecule has 23 heavy (non-hydrogen) atoms. The van der Waals surface area contributed by atoms with E-state index < -0.39 is 6.10 Å². The number of halogens is 1. The van der Waals surface area contributed by atoms with Crippen molar-refractivity contribution in [3.8, 4) is 0 Å². The first-order chi connectivity index (χ1) is 11.0. The number of hydrogen-bond acceptors (Lipinski definition) is 3. The Morgan fingerprint density at radius 2 is 1.91 bits per heavy atom. The van der Waals surface area contributed by atoms with Gasteiger partial charge in [-0.05, 0) is 11.6 Å². The third-order valence-corrected chi connectivity index (χ3v) is 3.74. The fraction of sp³-hybridized carbons (Fsp3) is 0.176. The van der Waals surface area contributed by atoms with E-state index in [1.165, 1.54) is 7.11 Å². The Kier molecular flexibility index (Phi) is 5.73. The van der Waals surface area contributed by atoms with Crippen molar-refractivity contribution in [2.45, 2.75) is 12.6 Å². The number of nitrogens with one attached hydrogen (secondary N) is 2. The molecule has 0 aliphatic carbocycles. The molecule has 2 rings (SSSR count). The highest BCUT2D eigenvalue weighted by Gasteiger charge is 2.21. The number of hydrogen-bond donors (Lipinski definition) is 3. The van der Waals surface area contributed by atoms with E-state index in [1.54, 1.807) is 36.4 Å². The predicted molar refractivity (Wildman–Crippen MR) is 90.5 cm³/mol. The fourth-order valence-corrected chi connectivity index (χ4v) is 2.38. The molecule has 5 nitrogen and oxygen atoms in total. The maximum Gasteiger partial charge on any atom is 0.254 e. The molecule has 120 valence electrons. The Morgan fingerprint density at radius 3 is 2.48 bits per heavy atom. The summed E-state index contributed by atoms with van der Waals surface area (Å²) in [6.07, 6.45) is -0.764. The zero-order valence-corrected chi connectivity index (χ0v) is 13.4. The Morgan fingerprint density at radius 1 is 1.26 bits per heavy atom. The van der Waals surface area contributed by atoms with Gasteiger partial charge in [-0.3, -0.25) is 10.2 Å². The molecular weight excluding hydrogens is 314 g/mol. The molecule has 0 spiro atoms. The summed E-state index contributed by atoms with van der Waals surface area (Å²) in [5.74, 6) is -0.255. The van der Waals surface area contributed by atoms with E-state index >= 15 is 0 Å². The summed E-state index contributed by atoms with van der Waals surface area (Å²) in [6.45, 7) is 0.349. The van der Waals surface area contributed by atoms with Crippen molar-refractivity contribution in [2.24, 2.45) is 5.73 Å². The quantitative estimate of drug-likeness (QED) is 0.561. The van der Waals surface area contributed by atoms with Crippen LogP contribution in [0, 0.1) is 5.41 Å². The number of methoxy groups -OCH3 is 1. The van der Waals surface area contributed by atoms with E-state index in [-0.39, 0.29) is 11.7 Å². The second kappa shape index (κ2) is 7.76. The van der Waals surface area contributed by atoms with Crippen LogP contribution in [0.25, 0.3) is 0 Å². The maximum absolute atomic E-state index is 12.3. The van der Waals surface area contributed by atoms with Crippen LogP contribution in [0.1, 0.15) is 22.8 Å². The number of nitrogen functional groups attached to an aromatic ring is 1. The summed E-state index contributed by atoms with van der Waals surface area (Å²) < 4.78 is 5.28. The average molecular weight is 332 g/mol. The molecule has 1 unspecified atom stereocenters. The first kappa shape index (κ1) is 17.0. The highest BCUT2D eigenvalue weighted by molar-refractivity contribution is 6.31. The lowest BCUT2D eigenvalue weighted by Crippen LogP contribution is -2.30. The summed E-state index contributed by atoms with van der Waals surface area (Å²) in [5.41, 5.74) is 7.58. The second-order valence-corrected chi connectivity index (χ2v) is 5.37. The molecule has 6 heteroatoms. The van der Waals surface area contributed by atoms with E-state index in [0.717, 1.165) is 5.56 Å². The molecule has 0 radical (unpaired) electrons. The van der Waals surface area contributed by atoms with Crippen LogP contribution in [0.15, 0.2) is 48.5 Å². The van der Waals surface area contributed by atoms with Gasteiger partial charge >= 0.3 is 0 Å². The SMILES string of the molecule is COC(C(=O)NCc1ccc(C(=N)N)cc1)c1ccccc1Cl. The van der Waals surface area contributed by atoms with Crippen molar-refractivity contribution in [1.29, 1.82) is 5.41 Å². The summed E-state index contributed by atoms with van der Waals surface area (Å²) in [7, 11) is 1.47. The van der Waals surface area contributed by atoms with Crippen molar-refractivity contribution in [3.63, 3.8) is 0 Å². The van der Waals surface area contributed by atoms with Gasteiger partial charge < -0.3 is 15.8 Å². The third kappa shape index (κ3) is 4.31. The Bertz CT molecular complexity index is 701. The van der Waals surface area contributed by atoms with Gasteiger partial charge in [0.1, 0.15) is 5.84 Å². The summed E-state index contributed by atoms with van der Waals surface area (Å²) in [5, 5.41) is 10.7. The van der Waals surface area contributed by atoms with E-state index in [4.69, 9.17) is 27.5 Å². The van der Waals surface area contributed by atoms with Gasteiger partial charge in [0.05, 0.1) is 0 Å². The van der Waals surface area contributed by atoms with Crippen molar-refractivity contribution in [1.82, 2.24) is 5.32 Å². The maximum atomic E-state index is 12.3. The van der Waals surface area contributed by atoms with Crippen LogP contribution in [-0.4, -0.2) is 18.9 Å². The molecule has 0 heterocycles. The molecule has 0 aliphatic rings. The van der Waals surface area contributed by atoms with Gasteiger partial charge in [0.25, 0.3) is 5.91 Å². The highest BCUT2D eigenvalue weighted by atomic mass is 35.5. The van der Waals surface area contributed by atoms with Crippen molar-refractivity contribution in [2.75, 3.05) is 7.11 Å². The van der Waals surface area contributed by atoms with E-state index in [2.05, 4.69) is 5.32 Å². The number of amides is 1. The fourth-order valence-electron chi connectivity index (χ4n) is 2.15. The Balaban J connectivity index is 2.03. The van der Waals surface area contributed by atoms with Gasteiger partial charge in [-0.25, -0.2) is 0 Å². The minimum Gasteiger partial charge on any atom is -0.384 e. The minimum absolute atomic E-state index is 0.0127. The van der Waals surface area contributed by atoms with Gasteiger partial charge in [0.15, 0.2) is 6.10 Å². The average Bonchev–Trinajstić information content (AvgIpc) is 2.55. The zero-order valence-electron chi connectivity index (χ0n) is 12.7. The molecule has 0 bridgehead atoms. The lowest BCUT2D eigenvalue weighted by atomic mass is 10.1. The van der Waals surface area contributed by atoms with Crippen LogP contribution in [0.2, 0.25) is 5.02 Å². The van der Waals surface area contributed by atoms with Crippen molar-refractivity contribution < 1.29 is 9.53 Å². The van der Waals surface area contributed by atoms with Crippen LogP contribution < -0.4 is 11.1 Å². The summed E-state index contributed by atoms with van der Waals surface area (Å²) in [6, 6.07) is 14.2. The molecule has 0 saturated carbocycles.